The van der Waals surface area contributed by atoms with Crippen molar-refractivity contribution in [1.29, 1.82) is 0 Å². The first-order valence-corrected chi connectivity index (χ1v) is 5.37. The van der Waals surface area contributed by atoms with E-state index in [2.05, 4.69) is 5.32 Å². The van der Waals surface area contributed by atoms with Gasteiger partial charge in [-0.1, -0.05) is 19.3 Å². The molecule has 0 aromatic heterocycles. The van der Waals surface area contributed by atoms with Crippen LogP contribution < -0.4 is 16.8 Å². The molecule has 0 aliphatic heterocycles. The molecule has 1 saturated carbocycles. The first kappa shape index (κ1) is 14.7. The molecule has 0 heterocycles. The van der Waals surface area contributed by atoms with E-state index in [4.69, 9.17) is 11.5 Å². The SMILES string of the molecule is CC(N)CNC(=O)C1(N)CCCCC1.Cl. The third-order valence-corrected chi connectivity index (χ3v) is 2.78. The van der Waals surface area contributed by atoms with E-state index in [1.807, 2.05) is 6.92 Å². The smallest absolute Gasteiger partial charge is 0.240 e. The summed E-state index contributed by atoms with van der Waals surface area (Å²) in [6.45, 7) is 2.38. The Bertz CT molecular complexity index is 203. The highest BCUT2D eigenvalue weighted by molar-refractivity contribution is 5.86. The van der Waals surface area contributed by atoms with Crippen LogP contribution in [-0.4, -0.2) is 24.0 Å². The molecule has 0 saturated heterocycles. The molecule has 0 spiro atoms. The molecule has 5 heteroatoms. The number of carbonyl (C=O) groups excluding carboxylic acids is 1. The molecule has 0 radical (unpaired) electrons. The summed E-state index contributed by atoms with van der Waals surface area (Å²) < 4.78 is 0. The lowest BCUT2D eigenvalue weighted by Crippen LogP contribution is -2.56. The highest BCUT2D eigenvalue weighted by atomic mass is 35.5. The number of amides is 1. The number of nitrogens with two attached hydrogens (primary N) is 2. The molecular formula is C10H22ClN3O. The molecule has 1 amide bonds. The molecular weight excluding hydrogens is 214 g/mol. The van der Waals surface area contributed by atoms with Crippen LogP contribution >= 0.6 is 12.4 Å². The average molecular weight is 236 g/mol. The van der Waals surface area contributed by atoms with Gasteiger partial charge in [0.2, 0.25) is 5.91 Å². The summed E-state index contributed by atoms with van der Waals surface area (Å²) in [5.41, 5.74) is 11.0. The monoisotopic (exact) mass is 235 g/mol. The van der Waals surface area contributed by atoms with Crippen molar-refractivity contribution in [2.75, 3.05) is 6.54 Å². The van der Waals surface area contributed by atoms with E-state index in [0.717, 1.165) is 25.7 Å². The van der Waals surface area contributed by atoms with Gasteiger partial charge in [-0.15, -0.1) is 12.4 Å². The van der Waals surface area contributed by atoms with Crippen molar-refractivity contribution in [3.8, 4) is 0 Å². The molecule has 0 aromatic rings. The molecule has 1 unspecified atom stereocenters. The highest BCUT2D eigenvalue weighted by Crippen LogP contribution is 2.25. The molecule has 0 bridgehead atoms. The molecule has 15 heavy (non-hydrogen) atoms. The summed E-state index contributed by atoms with van der Waals surface area (Å²) in [7, 11) is 0. The van der Waals surface area contributed by atoms with Crippen LogP contribution in [0.15, 0.2) is 0 Å². The topological polar surface area (TPSA) is 81.1 Å². The van der Waals surface area contributed by atoms with E-state index in [1.54, 1.807) is 0 Å². The lowest BCUT2D eigenvalue weighted by molar-refractivity contribution is -0.127. The summed E-state index contributed by atoms with van der Waals surface area (Å²) in [5, 5.41) is 2.80. The Hall–Kier alpha value is -0.320. The van der Waals surface area contributed by atoms with Gasteiger partial charge < -0.3 is 16.8 Å². The number of hydrogen-bond donors (Lipinski definition) is 3. The fraction of sp³-hybridized carbons (Fsp3) is 0.900. The van der Waals surface area contributed by atoms with Gasteiger partial charge in [0, 0.05) is 12.6 Å². The van der Waals surface area contributed by atoms with Gasteiger partial charge in [0.25, 0.3) is 0 Å². The maximum atomic E-state index is 11.7. The van der Waals surface area contributed by atoms with Crippen LogP contribution in [0.3, 0.4) is 0 Å². The second kappa shape index (κ2) is 6.30. The maximum Gasteiger partial charge on any atom is 0.240 e. The first-order chi connectivity index (χ1) is 6.54. The molecule has 5 N–H and O–H groups in total. The van der Waals surface area contributed by atoms with Crippen molar-refractivity contribution < 1.29 is 4.79 Å². The first-order valence-electron chi connectivity index (χ1n) is 5.37. The normalized spacial score (nSPS) is 21.3. The Balaban J connectivity index is 0.00000196. The molecule has 1 aliphatic carbocycles. The number of hydrogen-bond acceptors (Lipinski definition) is 3. The average Bonchev–Trinajstić information content (AvgIpc) is 2.15. The van der Waals surface area contributed by atoms with E-state index < -0.39 is 5.54 Å². The Morgan fingerprint density at radius 2 is 1.93 bits per heavy atom. The van der Waals surface area contributed by atoms with Gasteiger partial charge in [-0.25, -0.2) is 0 Å². The van der Waals surface area contributed by atoms with Crippen molar-refractivity contribution in [2.45, 2.75) is 50.6 Å². The molecule has 0 aromatic carbocycles. The lowest BCUT2D eigenvalue weighted by atomic mass is 9.82. The standard InChI is InChI=1S/C10H21N3O.ClH/c1-8(11)7-13-9(14)10(12)5-3-2-4-6-10;/h8H,2-7,11-12H2,1H3,(H,13,14);1H. The highest BCUT2D eigenvalue weighted by Gasteiger charge is 2.34. The van der Waals surface area contributed by atoms with E-state index >= 15 is 0 Å². The number of nitrogens with one attached hydrogen (secondary N) is 1. The largest absolute Gasteiger partial charge is 0.353 e. The Labute approximate surface area is 97.6 Å². The predicted octanol–water partition coefficient (Wildman–Crippen LogP) is 0.533. The predicted molar refractivity (Wildman–Crippen MR) is 63.9 cm³/mol. The van der Waals surface area contributed by atoms with Crippen molar-refractivity contribution in [3.05, 3.63) is 0 Å². The van der Waals surface area contributed by atoms with Gasteiger partial charge in [0.1, 0.15) is 0 Å². The molecule has 1 fully saturated rings. The quantitative estimate of drug-likeness (QED) is 0.668. The van der Waals surface area contributed by atoms with Crippen LogP contribution in [0.5, 0.6) is 0 Å². The van der Waals surface area contributed by atoms with E-state index in [0.29, 0.717) is 6.54 Å². The van der Waals surface area contributed by atoms with Crippen LogP contribution in [-0.2, 0) is 4.79 Å². The fourth-order valence-corrected chi connectivity index (χ4v) is 1.84. The number of halogens is 1. The van der Waals surface area contributed by atoms with Gasteiger partial charge in [0.05, 0.1) is 5.54 Å². The summed E-state index contributed by atoms with van der Waals surface area (Å²) in [6, 6.07) is -0.00820. The van der Waals surface area contributed by atoms with Gasteiger partial charge in [-0.3, -0.25) is 4.79 Å². The third kappa shape index (κ3) is 4.36. The molecule has 1 rings (SSSR count). The third-order valence-electron chi connectivity index (χ3n) is 2.78. The summed E-state index contributed by atoms with van der Waals surface area (Å²) >= 11 is 0. The summed E-state index contributed by atoms with van der Waals surface area (Å²) in [6.07, 6.45) is 4.92. The van der Waals surface area contributed by atoms with Crippen LogP contribution in [0.2, 0.25) is 0 Å². The Kier molecular flexibility index (Phi) is 6.17. The Morgan fingerprint density at radius 3 is 2.40 bits per heavy atom. The molecule has 4 nitrogen and oxygen atoms in total. The van der Waals surface area contributed by atoms with Crippen LogP contribution in [0.1, 0.15) is 39.0 Å². The van der Waals surface area contributed by atoms with Crippen molar-refractivity contribution >= 4 is 18.3 Å². The second-order valence-corrected chi connectivity index (χ2v) is 4.40. The number of carbonyl (C=O) groups is 1. The minimum absolute atomic E-state index is 0. The van der Waals surface area contributed by atoms with Crippen LogP contribution in [0, 0.1) is 0 Å². The van der Waals surface area contributed by atoms with Crippen molar-refractivity contribution in [1.82, 2.24) is 5.32 Å². The zero-order valence-electron chi connectivity index (χ0n) is 9.29. The zero-order valence-corrected chi connectivity index (χ0v) is 10.1. The number of rotatable bonds is 3. The summed E-state index contributed by atoms with van der Waals surface area (Å²) in [5.74, 6) is -0.0329. The molecule has 1 atom stereocenters. The summed E-state index contributed by atoms with van der Waals surface area (Å²) in [4.78, 5) is 11.7. The van der Waals surface area contributed by atoms with Crippen LogP contribution in [0.25, 0.3) is 0 Å². The minimum Gasteiger partial charge on any atom is -0.353 e. The van der Waals surface area contributed by atoms with Gasteiger partial charge in [-0.2, -0.15) is 0 Å². The zero-order chi connectivity index (χ0) is 10.6. The van der Waals surface area contributed by atoms with E-state index in [9.17, 15) is 4.79 Å². The van der Waals surface area contributed by atoms with Gasteiger partial charge in [0.15, 0.2) is 0 Å². The van der Waals surface area contributed by atoms with Crippen molar-refractivity contribution in [3.63, 3.8) is 0 Å². The van der Waals surface area contributed by atoms with Gasteiger partial charge in [-0.05, 0) is 19.8 Å². The van der Waals surface area contributed by atoms with Crippen LogP contribution in [0.4, 0.5) is 0 Å². The van der Waals surface area contributed by atoms with Crippen molar-refractivity contribution in [2.24, 2.45) is 11.5 Å². The van der Waals surface area contributed by atoms with E-state index in [-0.39, 0.29) is 24.4 Å². The van der Waals surface area contributed by atoms with E-state index in [1.165, 1.54) is 6.42 Å². The Morgan fingerprint density at radius 1 is 1.40 bits per heavy atom. The minimum atomic E-state index is -0.632. The lowest BCUT2D eigenvalue weighted by Gasteiger charge is -2.32. The maximum absolute atomic E-state index is 11.7. The second-order valence-electron chi connectivity index (χ2n) is 4.40. The fourth-order valence-electron chi connectivity index (χ4n) is 1.84. The van der Waals surface area contributed by atoms with Gasteiger partial charge >= 0.3 is 0 Å². The molecule has 90 valence electrons. The molecule has 1 aliphatic rings.